The number of carbonyl (C=O) groups excluding carboxylic acids is 1. The van der Waals surface area contributed by atoms with Crippen molar-refractivity contribution >= 4 is 22.4 Å². The number of anilines is 1. The minimum Gasteiger partial charge on any atom is -0.453 e. The quantitative estimate of drug-likeness (QED) is 0.833. The van der Waals surface area contributed by atoms with E-state index in [0.29, 0.717) is 0 Å². The number of hydrogen-bond donors (Lipinski definition) is 1. The van der Waals surface area contributed by atoms with E-state index in [-0.39, 0.29) is 11.9 Å². The number of nitrogens with zero attached hydrogens (tertiary/aromatic N) is 1. The van der Waals surface area contributed by atoms with Crippen LogP contribution in [0.2, 0.25) is 0 Å². The number of hydrogen-bond acceptors (Lipinski definition) is 5. The Morgan fingerprint density at radius 1 is 1.61 bits per heavy atom. The molecule has 1 fully saturated rings. The van der Waals surface area contributed by atoms with Crippen molar-refractivity contribution in [1.29, 1.82) is 0 Å². The molecule has 5 heteroatoms. The summed E-state index contributed by atoms with van der Waals surface area (Å²) in [6.45, 7) is 6.94. The van der Waals surface area contributed by atoms with Gasteiger partial charge in [0.05, 0.1) is 11.6 Å². The summed E-state index contributed by atoms with van der Waals surface area (Å²) >= 11 is 1.56. The van der Waals surface area contributed by atoms with Gasteiger partial charge in [-0.05, 0) is 20.3 Å². The molecule has 0 aromatic carbocycles. The van der Waals surface area contributed by atoms with E-state index in [2.05, 4.69) is 17.2 Å². The first kappa shape index (κ1) is 13.3. The zero-order valence-electron chi connectivity index (χ0n) is 11.2. The van der Waals surface area contributed by atoms with Gasteiger partial charge in [0.2, 0.25) is 0 Å². The van der Waals surface area contributed by atoms with Gasteiger partial charge in [0, 0.05) is 18.3 Å². The van der Waals surface area contributed by atoms with Crippen molar-refractivity contribution in [3.05, 3.63) is 11.1 Å². The lowest BCUT2D eigenvalue weighted by atomic mass is 9.91. The summed E-state index contributed by atoms with van der Waals surface area (Å²) in [5, 5.41) is 6.06. The van der Waals surface area contributed by atoms with E-state index in [0.717, 1.165) is 36.6 Å². The second-order valence-electron chi connectivity index (χ2n) is 4.91. The lowest BCUT2D eigenvalue weighted by Gasteiger charge is -2.19. The molecule has 4 nitrogen and oxygen atoms in total. The molecule has 0 amide bonds. The fraction of sp³-hybridized carbons (Fsp3) is 0.692. The van der Waals surface area contributed by atoms with Crippen LogP contribution in [-0.4, -0.2) is 17.5 Å². The highest BCUT2D eigenvalue weighted by atomic mass is 32.1. The molecule has 18 heavy (non-hydrogen) atoms. The highest BCUT2D eigenvalue weighted by Gasteiger charge is 2.45. The third kappa shape index (κ3) is 2.51. The Bertz CT molecular complexity index is 432. The molecule has 0 radical (unpaired) electrons. The van der Waals surface area contributed by atoms with Gasteiger partial charge in [-0.3, -0.25) is 4.79 Å². The van der Waals surface area contributed by atoms with Crippen LogP contribution < -0.4 is 5.32 Å². The van der Waals surface area contributed by atoms with E-state index in [1.807, 2.05) is 19.2 Å². The number of thiazole rings is 1. The van der Waals surface area contributed by atoms with Crippen LogP contribution in [0.1, 0.15) is 45.7 Å². The molecule has 0 spiro atoms. The predicted octanol–water partition coefficient (Wildman–Crippen LogP) is 3.15. The van der Waals surface area contributed by atoms with E-state index in [9.17, 15) is 4.79 Å². The van der Waals surface area contributed by atoms with Crippen molar-refractivity contribution in [2.75, 3.05) is 11.9 Å². The lowest BCUT2D eigenvalue weighted by molar-refractivity contribution is -0.150. The number of esters is 1. The summed E-state index contributed by atoms with van der Waals surface area (Å²) in [5.41, 5.74) is 0.330. The van der Waals surface area contributed by atoms with Crippen LogP contribution in [0.3, 0.4) is 0 Å². The molecule has 2 heterocycles. The monoisotopic (exact) mass is 268 g/mol. The standard InChI is InChI=1S/C13H20N2O2S/c1-4-6-9-7-13(3,17-11(9)16)10-8-18-12(15-10)14-5-2/h8-9H,4-7H2,1-3H3,(H,14,15)/t9-,13+/m1/s1. The molecular formula is C13H20N2O2S. The molecule has 1 aliphatic heterocycles. The largest absolute Gasteiger partial charge is 0.453 e. The Hall–Kier alpha value is -1.10. The fourth-order valence-corrected chi connectivity index (χ4v) is 3.28. The van der Waals surface area contributed by atoms with Gasteiger partial charge in [-0.25, -0.2) is 4.98 Å². The van der Waals surface area contributed by atoms with Crippen LogP contribution in [0.4, 0.5) is 5.13 Å². The van der Waals surface area contributed by atoms with Gasteiger partial charge in [0.15, 0.2) is 10.7 Å². The van der Waals surface area contributed by atoms with Gasteiger partial charge >= 0.3 is 5.97 Å². The molecule has 100 valence electrons. The first-order valence-electron chi connectivity index (χ1n) is 6.51. The predicted molar refractivity (Wildman–Crippen MR) is 72.7 cm³/mol. The highest BCUT2D eigenvalue weighted by molar-refractivity contribution is 7.13. The molecular weight excluding hydrogens is 248 g/mol. The Kier molecular flexibility index (Phi) is 3.90. The second kappa shape index (κ2) is 5.26. The zero-order valence-corrected chi connectivity index (χ0v) is 12.0. The third-order valence-electron chi connectivity index (χ3n) is 3.31. The molecule has 1 aromatic rings. The van der Waals surface area contributed by atoms with Crippen molar-refractivity contribution in [2.24, 2.45) is 5.92 Å². The lowest BCUT2D eigenvalue weighted by Crippen LogP contribution is -2.21. The van der Waals surface area contributed by atoms with Crippen LogP contribution in [0, 0.1) is 5.92 Å². The summed E-state index contributed by atoms with van der Waals surface area (Å²) in [4.78, 5) is 16.3. The highest BCUT2D eigenvalue weighted by Crippen LogP contribution is 2.41. The van der Waals surface area contributed by atoms with Crippen LogP contribution >= 0.6 is 11.3 Å². The minimum atomic E-state index is -0.541. The normalized spacial score (nSPS) is 27.3. The molecule has 0 unspecified atom stereocenters. The van der Waals surface area contributed by atoms with E-state index < -0.39 is 5.60 Å². The van der Waals surface area contributed by atoms with E-state index in [1.165, 1.54) is 0 Å². The number of cyclic esters (lactones) is 1. The summed E-state index contributed by atoms with van der Waals surface area (Å²) in [6, 6.07) is 0. The molecule has 1 aliphatic rings. The number of rotatable bonds is 5. The molecule has 0 bridgehead atoms. The molecule has 1 saturated heterocycles. The van der Waals surface area contributed by atoms with Crippen molar-refractivity contribution in [1.82, 2.24) is 4.98 Å². The first-order chi connectivity index (χ1) is 8.59. The Balaban J connectivity index is 2.13. The molecule has 2 rings (SSSR count). The van der Waals surface area contributed by atoms with Crippen LogP contribution in [0.25, 0.3) is 0 Å². The zero-order chi connectivity index (χ0) is 13.2. The number of aromatic nitrogens is 1. The maximum absolute atomic E-state index is 11.8. The molecule has 1 N–H and O–H groups in total. The van der Waals surface area contributed by atoms with E-state index in [1.54, 1.807) is 11.3 Å². The van der Waals surface area contributed by atoms with Gasteiger partial charge in [-0.2, -0.15) is 0 Å². The topological polar surface area (TPSA) is 51.2 Å². The molecule has 0 aliphatic carbocycles. The number of nitrogens with one attached hydrogen (secondary N) is 1. The maximum atomic E-state index is 11.8. The smallest absolute Gasteiger partial charge is 0.310 e. The Morgan fingerprint density at radius 2 is 2.39 bits per heavy atom. The average Bonchev–Trinajstić information content (AvgIpc) is 2.87. The molecule has 1 aromatic heterocycles. The third-order valence-corrected chi connectivity index (χ3v) is 4.11. The van der Waals surface area contributed by atoms with E-state index >= 15 is 0 Å². The number of ether oxygens (including phenoxy) is 1. The molecule has 0 saturated carbocycles. The van der Waals surface area contributed by atoms with Crippen molar-refractivity contribution < 1.29 is 9.53 Å². The van der Waals surface area contributed by atoms with Gasteiger partial charge < -0.3 is 10.1 Å². The van der Waals surface area contributed by atoms with Crippen molar-refractivity contribution in [3.8, 4) is 0 Å². The van der Waals surface area contributed by atoms with Crippen LogP contribution in [-0.2, 0) is 15.1 Å². The fourth-order valence-electron chi connectivity index (χ4n) is 2.37. The number of carbonyl (C=O) groups is 1. The van der Waals surface area contributed by atoms with Crippen LogP contribution in [0.5, 0.6) is 0 Å². The maximum Gasteiger partial charge on any atom is 0.310 e. The second-order valence-corrected chi connectivity index (χ2v) is 5.77. The average molecular weight is 268 g/mol. The van der Waals surface area contributed by atoms with Gasteiger partial charge in [0.1, 0.15) is 0 Å². The summed E-state index contributed by atoms with van der Waals surface area (Å²) in [7, 11) is 0. The van der Waals surface area contributed by atoms with Gasteiger partial charge in [-0.15, -0.1) is 11.3 Å². The van der Waals surface area contributed by atoms with Gasteiger partial charge in [-0.1, -0.05) is 13.3 Å². The minimum absolute atomic E-state index is 0.0317. The summed E-state index contributed by atoms with van der Waals surface area (Å²) in [6.07, 6.45) is 2.66. The Labute approximate surface area is 112 Å². The summed E-state index contributed by atoms with van der Waals surface area (Å²) in [5.74, 6) is -0.0402. The first-order valence-corrected chi connectivity index (χ1v) is 7.39. The van der Waals surface area contributed by atoms with Crippen LogP contribution in [0.15, 0.2) is 5.38 Å². The Morgan fingerprint density at radius 3 is 3.06 bits per heavy atom. The van der Waals surface area contributed by atoms with Crippen molar-refractivity contribution in [2.45, 2.75) is 45.6 Å². The molecule has 2 atom stereocenters. The SMILES string of the molecule is CCC[C@@H]1C[C@@](C)(c2csc(NCC)n2)OC1=O. The summed E-state index contributed by atoms with van der Waals surface area (Å²) < 4.78 is 5.57. The van der Waals surface area contributed by atoms with Crippen molar-refractivity contribution in [3.63, 3.8) is 0 Å². The van der Waals surface area contributed by atoms with Gasteiger partial charge in [0.25, 0.3) is 0 Å². The van der Waals surface area contributed by atoms with E-state index in [4.69, 9.17) is 4.74 Å².